The number of thiocarbonyl (C=S) groups is 1. The Morgan fingerprint density at radius 1 is 0.879 bits per heavy atom. The van der Waals surface area contributed by atoms with E-state index in [1.54, 1.807) is 12.0 Å². The van der Waals surface area contributed by atoms with E-state index in [2.05, 4.69) is 0 Å². The third-order valence-electron chi connectivity index (χ3n) is 4.91. The molecule has 1 aliphatic rings. The average Bonchev–Trinajstić information content (AvgIpc) is 3.11. The lowest BCUT2D eigenvalue weighted by atomic mass is 10.2. The monoisotopic (exact) mass is 477 g/mol. The van der Waals surface area contributed by atoms with Crippen molar-refractivity contribution in [3.8, 4) is 17.2 Å². The maximum absolute atomic E-state index is 12.8. The first kappa shape index (κ1) is 22.9. The number of thioether (sulfide) groups is 1. The molecule has 0 radical (unpaired) electrons. The number of ether oxygens (including phenoxy) is 3. The Labute approximate surface area is 203 Å². The minimum Gasteiger partial charge on any atom is -0.493 e. The molecule has 3 aromatic rings. The van der Waals surface area contributed by atoms with E-state index in [4.69, 9.17) is 26.4 Å². The Balaban J connectivity index is 1.30. The first-order valence-corrected chi connectivity index (χ1v) is 11.6. The fourth-order valence-corrected chi connectivity index (χ4v) is 4.52. The number of hydrogen-bond acceptors (Lipinski definition) is 6. The summed E-state index contributed by atoms with van der Waals surface area (Å²) in [4.78, 5) is 15.1. The van der Waals surface area contributed by atoms with Crippen LogP contribution < -0.4 is 14.2 Å². The predicted molar refractivity (Wildman–Crippen MR) is 136 cm³/mol. The van der Waals surface area contributed by atoms with E-state index in [1.165, 1.54) is 11.8 Å². The smallest absolute Gasteiger partial charge is 0.266 e. The zero-order chi connectivity index (χ0) is 23.0. The minimum atomic E-state index is -0.0670. The summed E-state index contributed by atoms with van der Waals surface area (Å²) in [6.45, 7) is 1.27. The van der Waals surface area contributed by atoms with Gasteiger partial charge in [0.15, 0.2) is 11.5 Å². The molecule has 1 heterocycles. The van der Waals surface area contributed by atoms with Crippen LogP contribution in [0.25, 0.3) is 6.08 Å². The van der Waals surface area contributed by atoms with Crippen molar-refractivity contribution in [3.05, 3.63) is 94.9 Å². The van der Waals surface area contributed by atoms with Crippen LogP contribution in [0.3, 0.4) is 0 Å². The predicted octanol–water partition coefficient (Wildman–Crippen LogP) is 5.55. The van der Waals surface area contributed by atoms with Crippen LogP contribution in [-0.4, -0.2) is 35.5 Å². The molecule has 0 atom stereocenters. The van der Waals surface area contributed by atoms with Crippen molar-refractivity contribution in [2.24, 2.45) is 0 Å². The second-order valence-electron chi connectivity index (χ2n) is 7.17. The highest BCUT2D eigenvalue weighted by atomic mass is 32.2. The van der Waals surface area contributed by atoms with Gasteiger partial charge in [0.05, 0.1) is 18.6 Å². The Kier molecular flexibility index (Phi) is 7.65. The van der Waals surface area contributed by atoms with Gasteiger partial charge in [-0.2, -0.15) is 0 Å². The molecule has 0 bridgehead atoms. The Bertz CT molecular complexity index is 1150. The summed E-state index contributed by atoms with van der Waals surface area (Å²) >= 11 is 6.76. The summed E-state index contributed by atoms with van der Waals surface area (Å²) in [5.41, 5.74) is 1.96. The van der Waals surface area contributed by atoms with Gasteiger partial charge >= 0.3 is 0 Å². The number of methoxy groups -OCH3 is 1. The quantitative estimate of drug-likeness (QED) is 0.229. The molecule has 168 valence electrons. The lowest BCUT2D eigenvalue weighted by molar-refractivity contribution is -0.122. The number of carbonyl (C=O) groups is 1. The molecule has 0 spiro atoms. The van der Waals surface area contributed by atoms with Crippen LogP contribution in [0, 0.1) is 0 Å². The van der Waals surface area contributed by atoms with Crippen LogP contribution in [0.4, 0.5) is 0 Å². The maximum Gasteiger partial charge on any atom is 0.266 e. The summed E-state index contributed by atoms with van der Waals surface area (Å²) < 4.78 is 17.3. The lowest BCUT2D eigenvalue weighted by Gasteiger charge is -2.14. The van der Waals surface area contributed by atoms with Crippen molar-refractivity contribution in [1.82, 2.24) is 4.90 Å². The first-order chi connectivity index (χ1) is 16.1. The number of carbonyl (C=O) groups excluding carboxylic acids is 1. The summed E-state index contributed by atoms with van der Waals surface area (Å²) in [6.07, 6.45) is 1.86. The molecular formula is C26H23NO4S2. The van der Waals surface area contributed by atoms with Gasteiger partial charge in [-0.1, -0.05) is 78.6 Å². The van der Waals surface area contributed by atoms with E-state index in [1.807, 2.05) is 84.9 Å². The highest BCUT2D eigenvalue weighted by Crippen LogP contribution is 2.33. The Morgan fingerprint density at radius 2 is 1.55 bits per heavy atom. The van der Waals surface area contributed by atoms with Crippen molar-refractivity contribution >= 4 is 40.3 Å². The summed E-state index contributed by atoms with van der Waals surface area (Å²) in [5, 5.41) is 0. The highest BCUT2D eigenvalue weighted by Gasteiger charge is 2.31. The number of hydrogen-bond donors (Lipinski definition) is 0. The van der Waals surface area contributed by atoms with Crippen molar-refractivity contribution in [2.75, 3.05) is 20.3 Å². The van der Waals surface area contributed by atoms with Crippen LogP contribution in [0.1, 0.15) is 11.1 Å². The van der Waals surface area contributed by atoms with Crippen LogP contribution in [0.2, 0.25) is 0 Å². The van der Waals surface area contributed by atoms with Crippen molar-refractivity contribution < 1.29 is 19.0 Å². The zero-order valence-electron chi connectivity index (χ0n) is 18.1. The number of para-hydroxylation sites is 2. The molecule has 5 nitrogen and oxygen atoms in total. The van der Waals surface area contributed by atoms with Gasteiger partial charge in [0.25, 0.3) is 5.91 Å². The van der Waals surface area contributed by atoms with Gasteiger partial charge in [-0.25, -0.2) is 0 Å². The van der Waals surface area contributed by atoms with Gasteiger partial charge in [-0.05, 0) is 41.5 Å². The van der Waals surface area contributed by atoms with E-state index >= 15 is 0 Å². The first-order valence-electron chi connectivity index (χ1n) is 10.4. The molecule has 0 aliphatic carbocycles. The second kappa shape index (κ2) is 11.0. The Morgan fingerprint density at radius 3 is 2.27 bits per heavy atom. The molecule has 1 fully saturated rings. The number of nitrogens with zero attached hydrogens (tertiary/aromatic N) is 1. The number of rotatable bonds is 9. The summed E-state index contributed by atoms with van der Waals surface area (Å²) in [6, 6.07) is 24.9. The van der Waals surface area contributed by atoms with Crippen LogP contribution >= 0.6 is 24.0 Å². The molecule has 1 aliphatic heterocycles. The average molecular weight is 478 g/mol. The molecule has 0 unspecified atom stereocenters. The highest BCUT2D eigenvalue weighted by molar-refractivity contribution is 8.26. The van der Waals surface area contributed by atoms with Gasteiger partial charge in [0.1, 0.15) is 23.3 Å². The molecule has 3 aromatic carbocycles. The SMILES string of the molecule is COc1ccccc1OCCOc1ccc(/C=C2\SC(=S)N(Cc3ccccc3)C2=O)cc1. The van der Waals surface area contributed by atoms with Gasteiger partial charge in [-0.15, -0.1) is 0 Å². The van der Waals surface area contributed by atoms with Gasteiger partial charge < -0.3 is 14.2 Å². The fraction of sp³-hybridized carbons (Fsp3) is 0.154. The zero-order valence-corrected chi connectivity index (χ0v) is 19.7. The number of amides is 1. The molecule has 7 heteroatoms. The van der Waals surface area contributed by atoms with E-state index in [9.17, 15) is 4.79 Å². The summed E-state index contributed by atoms with van der Waals surface area (Å²) in [7, 11) is 1.61. The molecule has 1 saturated heterocycles. The molecule has 4 rings (SSSR count). The molecule has 0 aromatic heterocycles. The minimum absolute atomic E-state index is 0.0670. The summed E-state index contributed by atoms with van der Waals surface area (Å²) in [5.74, 6) is 2.04. The van der Waals surface area contributed by atoms with Gasteiger partial charge in [0.2, 0.25) is 0 Å². The van der Waals surface area contributed by atoms with Gasteiger partial charge in [-0.3, -0.25) is 9.69 Å². The fourth-order valence-electron chi connectivity index (χ4n) is 3.26. The standard InChI is InChI=1S/C26H23NO4S2/c1-29-22-9-5-6-10-23(22)31-16-15-30-21-13-11-19(12-14-21)17-24-25(28)27(26(32)33-24)18-20-7-3-2-4-8-20/h2-14,17H,15-16,18H2,1H3/b24-17-. The molecule has 33 heavy (non-hydrogen) atoms. The molecule has 0 N–H and O–H groups in total. The van der Waals surface area contributed by atoms with Crippen molar-refractivity contribution in [3.63, 3.8) is 0 Å². The Hall–Kier alpha value is -3.29. The van der Waals surface area contributed by atoms with E-state index in [0.29, 0.717) is 40.5 Å². The van der Waals surface area contributed by atoms with E-state index < -0.39 is 0 Å². The van der Waals surface area contributed by atoms with E-state index in [-0.39, 0.29) is 5.91 Å². The normalized spacial score (nSPS) is 14.6. The molecule has 1 amide bonds. The second-order valence-corrected chi connectivity index (χ2v) is 8.85. The third-order valence-corrected chi connectivity index (χ3v) is 6.29. The third kappa shape index (κ3) is 5.94. The molecule has 0 saturated carbocycles. The topological polar surface area (TPSA) is 48.0 Å². The lowest BCUT2D eigenvalue weighted by Crippen LogP contribution is -2.27. The van der Waals surface area contributed by atoms with Crippen molar-refractivity contribution in [1.29, 1.82) is 0 Å². The largest absolute Gasteiger partial charge is 0.493 e. The van der Waals surface area contributed by atoms with Crippen LogP contribution in [-0.2, 0) is 11.3 Å². The van der Waals surface area contributed by atoms with Crippen LogP contribution in [0.5, 0.6) is 17.2 Å². The van der Waals surface area contributed by atoms with Crippen molar-refractivity contribution in [2.45, 2.75) is 6.54 Å². The molecular weight excluding hydrogens is 454 g/mol. The van der Waals surface area contributed by atoms with Crippen LogP contribution in [0.15, 0.2) is 83.8 Å². The van der Waals surface area contributed by atoms with E-state index in [0.717, 1.165) is 16.9 Å². The van der Waals surface area contributed by atoms with Gasteiger partial charge in [0, 0.05) is 0 Å². The number of benzene rings is 3. The maximum atomic E-state index is 12.8.